The summed E-state index contributed by atoms with van der Waals surface area (Å²) in [6.07, 6.45) is 7.26. The highest BCUT2D eigenvalue weighted by Crippen LogP contribution is 2.30. The quantitative estimate of drug-likeness (QED) is 0.729. The summed E-state index contributed by atoms with van der Waals surface area (Å²) in [7, 11) is 0. The fraction of sp³-hybridized carbons (Fsp3) is 0.333. The van der Waals surface area contributed by atoms with Crippen LogP contribution in [0.3, 0.4) is 0 Å². The molecule has 2 aromatic heterocycles. The standard InChI is InChI=1S/C21H22N2O2/c1-14(2)22-20-8-3-4-9-23(20)21(24)12-17-13-25-19-11-16-7-5-6-15(16)10-18(17)19/h3-4,8-11,13-14H,5-7,12H2,1-2H3. The maximum Gasteiger partial charge on any atom is 0.236 e. The molecule has 1 aromatic carbocycles. The normalized spacial score (nSPS) is 14.4. The van der Waals surface area contributed by atoms with Crippen molar-refractivity contribution in [2.75, 3.05) is 0 Å². The van der Waals surface area contributed by atoms with Crippen LogP contribution in [0.25, 0.3) is 11.0 Å². The van der Waals surface area contributed by atoms with E-state index in [1.165, 1.54) is 17.5 Å². The lowest BCUT2D eigenvalue weighted by atomic mass is 10.0. The van der Waals surface area contributed by atoms with Crippen LogP contribution in [0.4, 0.5) is 0 Å². The van der Waals surface area contributed by atoms with Crippen LogP contribution in [0.15, 0.2) is 52.2 Å². The van der Waals surface area contributed by atoms with Crippen molar-refractivity contribution < 1.29 is 9.21 Å². The van der Waals surface area contributed by atoms with Crippen LogP contribution in [0.1, 0.15) is 41.8 Å². The van der Waals surface area contributed by atoms with Crippen molar-refractivity contribution in [3.05, 3.63) is 65.0 Å². The van der Waals surface area contributed by atoms with Crippen molar-refractivity contribution in [1.29, 1.82) is 0 Å². The van der Waals surface area contributed by atoms with Gasteiger partial charge in [-0.2, -0.15) is 0 Å². The minimum atomic E-state index is 0.00296. The second-order valence-electron chi connectivity index (χ2n) is 6.95. The number of rotatable bonds is 3. The molecule has 2 heterocycles. The van der Waals surface area contributed by atoms with E-state index < -0.39 is 0 Å². The summed E-state index contributed by atoms with van der Waals surface area (Å²) in [4.78, 5) is 17.4. The predicted molar refractivity (Wildman–Crippen MR) is 97.7 cm³/mol. The Morgan fingerprint density at radius 2 is 2.04 bits per heavy atom. The van der Waals surface area contributed by atoms with Gasteiger partial charge in [0.1, 0.15) is 11.1 Å². The van der Waals surface area contributed by atoms with Gasteiger partial charge in [0.2, 0.25) is 5.91 Å². The van der Waals surface area contributed by atoms with E-state index in [0.29, 0.717) is 11.9 Å². The predicted octanol–water partition coefficient (Wildman–Crippen LogP) is 3.92. The highest BCUT2D eigenvalue weighted by Gasteiger charge is 2.17. The molecule has 0 saturated heterocycles. The topological polar surface area (TPSA) is 47.5 Å². The SMILES string of the molecule is CC(C)N=c1ccccn1C(=O)Cc1coc2cc3c(cc12)CCC3. The highest BCUT2D eigenvalue weighted by molar-refractivity contribution is 5.89. The van der Waals surface area contributed by atoms with Crippen molar-refractivity contribution in [3.8, 4) is 0 Å². The number of aromatic nitrogens is 1. The summed E-state index contributed by atoms with van der Waals surface area (Å²) in [5.41, 5.74) is 5.30. The molecule has 0 saturated carbocycles. The molecule has 4 nitrogen and oxygen atoms in total. The molecule has 0 radical (unpaired) electrons. The number of hydrogen-bond donors (Lipinski definition) is 0. The minimum Gasteiger partial charge on any atom is -0.464 e. The van der Waals surface area contributed by atoms with Gasteiger partial charge >= 0.3 is 0 Å². The first-order valence-electron chi connectivity index (χ1n) is 8.88. The van der Waals surface area contributed by atoms with E-state index in [0.717, 1.165) is 29.4 Å². The smallest absolute Gasteiger partial charge is 0.236 e. The van der Waals surface area contributed by atoms with Gasteiger partial charge in [-0.3, -0.25) is 14.4 Å². The number of hydrogen-bond acceptors (Lipinski definition) is 3. The van der Waals surface area contributed by atoms with Crippen molar-refractivity contribution in [2.45, 2.75) is 45.6 Å². The molecule has 4 rings (SSSR count). The molecular formula is C21H22N2O2. The number of aryl methyl sites for hydroxylation is 2. The Morgan fingerprint density at radius 3 is 2.84 bits per heavy atom. The van der Waals surface area contributed by atoms with Gasteiger partial charge in [-0.15, -0.1) is 0 Å². The van der Waals surface area contributed by atoms with Crippen molar-refractivity contribution in [3.63, 3.8) is 0 Å². The van der Waals surface area contributed by atoms with Crippen LogP contribution in [0, 0.1) is 0 Å². The fourth-order valence-corrected chi connectivity index (χ4v) is 3.55. The Labute approximate surface area is 146 Å². The highest BCUT2D eigenvalue weighted by atomic mass is 16.3. The minimum absolute atomic E-state index is 0.00296. The molecule has 0 unspecified atom stereocenters. The van der Waals surface area contributed by atoms with E-state index >= 15 is 0 Å². The molecule has 0 spiro atoms. The molecule has 0 atom stereocenters. The van der Waals surface area contributed by atoms with Crippen molar-refractivity contribution >= 4 is 16.9 Å². The fourth-order valence-electron chi connectivity index (χ4n) is 3.55. The van der Waals surface area contributed by atoms with Crippen LogP contribution in [0.2, 0.25) is 0 Å². The summed E-state index contributed by atoms with van der Waals surface area (Å²) in [6, 6.07) is 10.1. The summed E-state index contributed by atoms with van der Waals surface area (Å²) in [5, 5.41) is 1.06. The lowest BCUT2D eigenvalue weighted by molar-refractivity contribution is 0.0908. The second-order valence-corrected chi connectivity index (χ2v) is 6.95. The summed E-state index contributed by atoms with van der Waals surface area (Å²) < 4.78 is 7.35. The van der Waals surface area contributed by atoms with E-state index in [1.54, 1.807) is 17.0 Å². The molecule has 4 heteroatoms. The van der Waals surface area contributed by atoms with Gasteiger partial charge < -0.3 is 4.42 Å². The second kappa shape index (κ2) is 6.36. The Balaban J connectivity index is 1.69. The monoisotopic (exact) mass is 334 g/mol. The van der Waals surface area contributed by atoms with E-state index in [9.17, 15) is 4.79 Å². The first-order valence-corrected chi connectivity index (χ1v) is 8.88. The largest absolute Gasteiger partial charge is 0.464 e. The van der Waals surface area contributed by atoms with E-state index in [2.05, 4.69) is 17.1 Å². The molecule has 1 aliphatic carbocycles. The average Bonchev–Trinajstić information content (AvgIpc) is 3.19. The molecular weight excluding hydrogens is 312 g/mol. The third-order valence-electron chi connectivity index (χ3n) is 4.71. The van der Waals surface area contributed by atoms with Gasteiger partial charge in [0, 0.05) is 23.2 Å². The molecule has 1 aliphatic rings. The van der Waals surface area contributed by atoms with Crippen LogP contribution in [0.5, 0.6) is 0 Å². The van der Waals surface area contributed by atoms with Crippen molar-refractivity contribution in [1.82, 2.24) is 4.57 Å². The van der Waals surface area contributed by atoms with E-state index in [-0.39, 0.29) is 11.9 Å². The maximum atomic E-state index is 12.9. The molecule has 0 aliphatic heterocycles. The van der Waals surface area contributed by atoms with Gasteiger partial charge in [0.25, 0.3) is 0 Å². The Bertz CT molecular complexity index is 1010. The molecule has 25 heavy (non-hydrogen) atoms. The molecule has 128 valence electrons. The molecule has 0 fully saturated rings. The third kappa shape index (κ3) is 3.04. The lowest BCUT2D eigenvalue weighted by Crippen LogP contribution is -2.28. The number of benzene rings is 1. The lowest BCUT2D eigenvalue weighted by Gasteiger charge is -2.07. The van der Waals surface area contributed by atoms with Crippen molar-refractivity contribution in [2.24, 2.45) is 4.99 Å². The zero-order valence-electron chi connectivity index (χ0n) is 14.7. The Kier molecular flexibility index (Phi) is 4.04. The van der Waals surface area contributed by atoms with E-state index in [1.807, 2.05) is 32.0 Å². The number of furan rings is 1. The summed E-state index contributed by atoms with van der Waals surface area (Å²) in [6.45, 7) is 4.01. The zero-order chi connectivity index (χ0) is 17.4. The first kappa shape index (κ1) is 15.9. The molecule has 0 bridgehead atoms. The first-order chi connectivity index (χ1) is 12.1. The van der Waals surface area contributed by atoms with Crippen LogP contribution in [-0.2, 0) is 19.3 Å². The summed E-state index contributed by atoms with van der Waals surface area (Å²) in [5.74, 6) is 0.00296. The molecule has 0 amide bonds. The number of carbonyl (C=O) groups is 1. The molecule has 0 N–H and O–H groups in total. The van der Waals surface area contributed by atoms with Gasteiger partial charge in [-0.1, -0.05) is 6.07 Å². The third-order valence-corrected chi connectivity index (χ3v) is 4.71. The zero-order valence-corrected chi connectivity index (χ0v) is 14.7. The number of carbonyl (C=O) groups excluding carboxylic acids is 1. The molecule has 3 aromatic rings. The number of fused-ring (bicyclic) bond motifs is 2. The van der Waals surface area contributed by atoms with Gasteiger partial charge in [-0.25, -0.2) is 0 Å². The Hall–Kier alpha value is -2.62. The van der Waals surface area contributed by atoms with Gasteiger partial charge in [-0.05, 0) is 68.5 Å². The average molecular weight is 334 g/mol. The van der Waals surface area contributed by atoms with Crippen LogP contribution >= 0.6 is 0 Å². The maximum absolute atomic E-state index is 12.9. The van der Waals surface area contributed by atoms with Gasteiger partial charge in [0.15, 0.2) is 0 Å². The van der Waals surface area contributed by atoms with E-state index in [4.69, 9.17) is 4.42 Å². The number of nitrogens with zero attached hydrogens (tertiary/aromatic N) is 2. The number of pyridine rings is 1. The van der Waals surface area contributed by atoms with Crippen LogP contribution in [-0.4, -0.2) is 16.5 Å². The van der Waals surface area contributed by atoms with Crippen LogP contribution < -0.4 is 5.49 Å². The van der Waals surface area contributed by atoms with Gasteiger partial charge in [0.05, 0.1) is 12.7 Å². The Morgan fingerprint density at radius 1 is 1.24 bits per heavy atom. The summed E-state index contributed by atoms with van der Waals surface area (Å²) >= 11 is 0.